The van der Waals surface area contributed by atoms with Crippen LogP contribution in [-0.2, 0) is 21.4 Å². The summed E-state index contributed by atoms with van der Waals surface area (Å²) in [5, 5.41) is 3.25. The van der Waals surface area contributed by atoms with Crippen molar-refractivity contribution in [3.63, 3.8) is 0 Å². The normalized spacial score (nSPS) is 11.7. The zero-order valence-electron chi connectivity index (χ0n) is 15.6. The molecule has 5 nitrogen and oxygen atoms in total. The highest BCUT2D eigenvalue weighted by Gasteiger charge is 2.27. The Hall–Kier alpha value is -1.89. The van der Waals surface area contributed by atoms with Crippen molar-refractivity contribution in [2.24, 2.45) is 5.92 Å². The zero-order chi connectivity index (χ0) is 19.9. The molecule has 27 heavy (non-hydrogen) atoms. The highest BCUT2D eigenvalue weighted by Crippen LogP contribution is 2.22. The molecule has 0 saturated carbocycles. The Bertz CT molecular complexity index is 855. The summed E-state index contributed by atoms with van der Waals surface area (Å²) in [4.78, 5) is 12.5. The van der Waals surface area contributed by atoms with E-state index in [-0.39, 0.29) is 23.9 Å². The van der Waals surface area contributed by atoms with E-state index in [1.54, 1.807) is 42.5 Å². The molecule has 1 amide bonds. The summed E-state index contributed by atoms with van der Waals surface area (Å²) in [7, 11) is -3.84. The molecule has 0 spiro atoms. The number of sulfonamides is 1. The number of rotatable bonds is 9. The number of carbonyl (C=O) groups is 1. The minimum atomic E-state index is -3.84. The average molecular weight is 409 g/mol. The monoisotopic (exact) mass is 408 g/mol. The fourth-order valence-corrected chi connectivity index (χ4v) is 4.09. The van der Waals surface area contributed by atoms with Gasteiger partial charge >= 0.3 is 0 Å². The lowest BCUT2D eigenvalue weighted by Gasteiger charge is -2.22. The highest BCUT2D eigenvalue weighted by molar-refractivity contribution is 7.89. The fraction of sp³-hybridized carbons (Fsp3) is 0.350. The molecule has 0 bridgehead atoms. The van der Waals surface area contributed by atoms with Crippen molar-refractivity contribution in [1.82, 2.24) is 9.62 Å². The third-order valence-corrected chi connectivity index (χ3v) is 6.22. The molecular weight excluding hydrogens is 384 g/mol. The summed E-state index contributed by atoms with van der Waals surface area (Å²) in [6.07, 6.45) is 0.835. The molecule has 0 unspecified atom stereocenters. The second-order valence-electron chi connectivity index (χ2n) is 6.71. The Labute approximate surface area is 166 Å². The number of nitrogens with zero attached hydrogens (tertiary/aromatic N) is 1. The molecule has 0 aliphatic carbocycles. The van der Waals surface area contributed by atoms with Crippen LogP contribution >= 0.6 is 11.6 Å². The molecule has 1 N–H and O–H groups in total. The second-order valence-corrected chi connectivity index (χ2v) is 9.06. The van der Waals surface area contributed by atoms with Gasteiger partial charge in [0.2, 0.25) is 15.9 Å². The number of benzene rings is 2. The van der Waals surface area contributed by atoms with Gasteiger partial charge in [-0.2, -0.15) is 4.31 Å². The van der Waals surface area contributed by atoms with Gasteiger partial charge in [-0.3, -0.25) is 4.79 Å². The summed E-state index contributed by atoms with van der Waals surface area (Å²) in [6, 6.07) is 15.1. The van der Waals surface area contributed by atoms with Gasteiger partial charge < -0.3 is 5.32 Å². The van der Waals surface area contributed by atoms with Crippen LogP contribution in [0.5, 0.6) is 0 Å². The Morgan fingerprint density at radius 1 is 1.07 bits per heavy atom. The van der Waals surface area contributed by atoms with E-state index in [0.717, 1.165) is 10.7 Å². The number of nitrogens with one attached hydrogen (secondary N) is 1. The number of amides is 1. The first-order valence-electron chi connectivity index (χ1n) is 8.86. The van der Waals surface area contributed by atoms with Gasteiger partial charge in [0.25, 0.3) is 0 Å². The Balaban J connectivity index is 2.23. The smallest absolute Gasteiger partial charge is 0.243 e. The standard InChI is InChI=1S/C20H25ClN2O3S/c1-16(2)12-13-22-20(24)15-23(14-17-8-6-7-11-19(17)21)27(25,26)18-9-4-3-5-10-18/h3-11,16H,12-15H2,1-2H3,(H,22,24). The van der Waals surface area contributed by atoms with Crippen LogP contribution in [0.15, 0.2) is 59.5 Å². The minimum absolute atomic E-state index is 0.0223. The van der Waals surface area contributed by atoms with E-state index < -0.39 is 10.0 Å². The van der Waals surface area contributed by atoms with Gasteiger partial charge in [0.15, 0.2) is 0 Å². The lowest BCUT2D eigenvalue weighted by molar-refractivity contribution is -0.121. The van der Waals surface area contributed by atoms with Crippen LogP contribution in [0, 0.1) is 5.92 Å². The maximum Gasteiger partial charge on any atom is 0.243 e. The maximum absolute atomic E-state index is 13.1. The first kappa shape index (κ1) is 21.4. The third kappa shape index (κ3) is 6.34. The molecule has 0 radical (unpaired) electrons. The summed E-state index contributed by atoms with van der Waals surface area (Å²) in [6.45, 7) is 4.41. The Kier molecular flexibility index (Phi) is 7.83. The Morgan fingerprint density at radius 3 is 2.33 bits per heavy atom. The number of hydrogen-bond donors (Lipinski definition) is 1. The molecule has 0 heterocycles. The molecule has 0 saturated heterocycles. The van der Waals surface area contributed by atoms with Crippen molar-refractivity contribution in [1.29, 1.82) is 0 Å². The van der Waals surface area contributed by atoms with Crippen LogP contribution in [0.2, 0.25) is 5.02 Å². The molecule has 2 rings (SSSR count). The average Bonchev–Trinajstić information content (AvgIpc) is 2.63. The van der Waals surface area contributed by atoms with Gasteiger partial charge in [-0.15, -0.1) is 0 Å². The molecule has 0 atom stereocenters. The van der Waals surface area contributed by atoms with Crippen LogP contribution in [-0.4, -0.2) is 31.7 Å². The van der Waals surface area contributed by atoms with E-state index in [9.17, 15) is 13.2 Å². The van der Waals surface area contributed by atoms with Gasteiger partial charge in [-0.1, -0.05) is 61.8 Å². The molecule has 146 valence electrons. The second kappa shape index (κ2) is 9.88. The fourth-order valence-electron chi connectivity index (χ4n) is 2.50. The molecule has 7 heteroatoms. The van der Waals surface area contributed by atoms with E-state index in [4.69, 9.17) is 11.6 Å². The van der Waals surface area contributed by atoms with Crippen molar-refractivity contribution < 1.29 is 13.2 Å². The van der Waals surface area contributed by atoms with Gasteiger partial charge in [0.05, 0.1) is 11.4 Å². The molecule has 0 aliphatic heterocycles. The minimum Gasteiger partial charge on any atom is -0.355 e. The molecule has 0 fully saturated rings. The lowest BCUT2D eigenvalue weighted by Crippen LogP contribution is -2.40. The number of carbonyl (C=O) groups excluding carboxylic acids is 1. The van der Waals surface area contributed by atoms with E-state index >= 15 is 0 Å². The molecule has 2 aromatic carbocycles. The Morgan fingerprint density at radius 2 is 1.70 bits per heavy atom. The van der Waals surface area contributed by atoms with E-state index in [0.29, 0.717) is 23.0 Å². The summed E-state index contributed by atoms with van der Waals surface area (Å²) in [5.41, 5.74) is 0.647. The van der Waals surface area contributed by atoms with Crippen LogP contribution in [0.4, 0.5) is 0 Å². The van der Waals surface area contributed by atoms with E-state index in [1.807, 2.05) is 0 Å². The first-order chi connectivity index (χ1) is 12.8. The first-order valence-corrected chi connectivity index (χ1v) is 10.7. The quantitative estimate of drug-likeness (QED) is 0.688. The van der Waals surface area contributed by atoms with Gasteiger partial charge in [-0.05, 0) is 36.1 Å². The van der Waals surface area contributed by atoms with Crippen LogP contribution in [0.25, 0.3) is 0 Å². The highest BCUT2D eigenvalue weighted by atomic mass is 35.5. The number of halogens is 1. The van der Waals surface area contributed by atoms with Crippen molar-refractivity contribution in [3.8, 4) is 0 Å². The lowest BCUT2D eigenvalue weighted by atomic mass is 10.1. The van der Waals surface area contributed by atoms with Crippen LogP contribution in [0.3, 0.4) is 0 Å². The van der Waals surface area contributed by atoms with Gasteiger partial charge in [0, 0.05) is 18.1 Å². The van der Waals surface area contributed by atoms with Crippen LogP contribution in [0.1, 0.15) is 25.8 Å². The molecular formula is C20H25ClN2O3S. The van der Waals surface area contributed by atoms with E-state index in [2.05, 4.69) is 19.2 Å². The van der Waals surface area contributed by atoms with E-state index in [1.165, 1.54) is 12.1 Å². The number of hydrogen-bond acceptors (Lipinski definition) is 3. The SMILES string of the molecule is CC(C)CCNC(=O)CN(Cc1ccccc1Cl)S(=O)(=O)c1ccccc1. The molecule has 0 aromatic heterocycles. The predicted octanol–water partition coefficient (Wildman–Crippen LogP) is 3.69. The van der Waals surface area contributed by atoms with Crippen molar-refractivity contribution in [2.45, 2.75) is 31.7 Å². The summed E-state index contributed by atoms with van der Waals surface area (Å²) in [5.74, 6) is 0.125. The third-order valence-electron chi connectivity index (χ3n) is 4.05. The predicted molar refractivity (Wildman–Crippen MR) is 108 cm³/mol. The van der Waals surface area contributed by atoms with Crippen molar-refractivity contribution >= 4 is 27.5 Å². The van der Waals surface area contributed by atoms with Gasteiger partial charge in [0.1, 0.15) is 0 Å². The van der Waals surface area contributed by atoms with Crippen molar-refractivity contribution in [3.05, 3.63) is 65.2 Å². The zero-order valence-corrected chi connectivity index (χ0v) is 17.1. The molecule has 2 aromatic rings. The maximum atomic E-state index is 13.1. The molecule has 0 aliphatic rings. The summed E-state index contributed by atoms with van der Waals surface area (Å²) < 4.78 is 27.3. The summed E-state index contributed by atoms with van der Waals surface area (Å²) >= 11 is 6.20. The van der Waals surface area contributed by atoms with Crippen molar-refractivity contribution in [2.75, 3.05) is 13.1 Å². The van der Waals surface area contributed by atoms with Crippen LogP contribution < -0.4 is 5.32 Å². The van der Waals surface area contributed by atoms with Gasteiger partial charge in [-0.25, -0.2) is 8.42 Å². The largest absolute Gasteiger partial charge is 0.355 e. The topological polar surface area (TPSA) is 66.5 Å².